The van der Waals surface area contributed by atoms with Crippen LogP contribution in [0.5, 0.6) is 0 Å². The average Bonchev–Trinajstić information content (AvgIpc) is 2.15. The summed E-state index contributed by atoms with van der Waals surface area (Å²) in [6.45, 7) is 3.58. The molecule has 0 aromatic carbocycles. The van der Waals surface area contributed by atoms with E-state index in [2.05, 4.69) is 0 Å². The molecule has 1 aromatic heterocycles. The van der Waals surface area contributed by atoms with Crippen LogP contribution in [-0.4, -0.2) is 17.8 Å². The van der Waals surface area contributed by atoms with Crippen LogP contribution < -0.4 is 4.73 Å². The molecule has 1 heterocycles. The highest BCUT2D eigenvalue weighted by Gasteiger charge is 2.10. The standard InChI is InChI=1S/C10H13NO3S/c1-8(2)14-10(12)7-15-9-5-3-4-6-11(9)13/h3-6,8H,7H2,1-2H3. The first kappa shape index (κ1) is 11.8. The highest BCUT2D eigenvalue weighted by molar-refractivity contribution is 7.99. The number of ether oxygens (including phenoxy) is 1. The summed E-state index contributed by atoms with van der Waals surface area (Å²) in [7, 11) is 0. The first-order valence-electron chi connectivity index (χ1n) is 4.60. The van der Waals surface area contributed by atoms with Crippen molar-refractivity contribution < 1.29 is 14.3 Å². The fourth-order valence-electron chi connectivity index (χ4n) is 0.954. The lowest BCUT2D eigenvalue weighted by molar-refractivity contribution is -0.645. The number of aromatic nitrogens is 1. The predicted molar refractivity (Wildman–Crippen MR) is 57.4 cm³/mol. The molecule has 0 spiro atoms. The highest BCUT2D eigenvalue weighted by atomic mass is 32.2. The summed E-state index contributed by atoms with van der Waals surface area (Å²) in [5.41, 5.74) is 0. The molecule has 1 rings (SSSR count). The number of nitrogens with zero attached hydrogens (tertiary/aromatic N) is 1. The fraction of sp³-hybridized carbons (Fsp3) is 0.400. The summed E-state index contributed by atoms with van der Waals surface area (Å²) < 4.78 is 5.67. The molecular weight excluding hydrogens is 214 g/mol. The van der Waals surface area contributed by atoms with Crippen molar-refractivity contribution in [1.29, 1.82) is 0 Å². The Morgan fingerprint density at radius 3 is 2.93 bits per heavy atom. The lowest BCUT2D eigenvalue weighted by Gasteiger charge is -2.07. The quantitative estimate of drug-likeness (QED) is 0.337. The summed E-state index contributed by atoms with van der Waals surface area (Å²) in [5.74, 6) is -0.149. The molecule has 1 aromatic rings. The molecule has 0 aliphatic carbocycles. The van der Waals surface area contributed by atoms with Gasteiger partial charge in [-0.1, -0.05) is 0 Å². The van der Waals surface area contributed by atoms with Gasteiger partial charge in [0.1, 0.15) is 5.75 Å². The van der Waals surface area contributed by atoms with Gasteiger partial charge in [-0.15, -0.1) is 0 Å². The van der Waals surface area contributed by atoms with Gasteiger partial charge in [0.05, 0.1) is 6.10 Å². The van der Waals surface area contributed by atoms with Crippen molar-refractivity contribution in [3.8, 4) is 0 Å². The van der Waals surface area contributed by atoms with Crippen LogP contribution in [0.4, 0.5) is 0 Å². The van der Waals surface area contributed by atoms with Crippen LogP contribution in [0.3, 0.4) is 0 Å². The molecule has 4 nitrogen and oxygen atoms in total. The van der Waals surface area contributed by atoms with E-state index in [9.17, 15) is 10.0 Å². The van der Waals surface area contributed by atoms with Gasteiger partial charge < -0.3 is 9.94 Å². The minimum atomic E-state index is -0.307. The Hall–Kier alpha value is -1.23. The smallest absolute Gasteiger partial charge is 0.316 e. The zero-order valence-electron chi connectivity index (χ0n) is 8.67. The maximum Gasteiger partial charge on any atom is 0.316 e. The Bertz CT molecular complexity index is 341. The van der Waals surface area contributed by atoms with Crippen LogP contribution in [0.2, 0.25) is 0 Å². The van der Waals surface area contributed by atoms with Crippen LogP contribution in [0, 0.1) is 5.21 Å². The van der Waals surface area contributed by atoms with Gasteiger partial charge in [0.25, 0.3) is 5.03 Å². The molecule has 0 aliphatic rings. The van der Waals surface area contributed by atoms with Gasteiger partial charge in [-0.2, -0.15) is 4.73 Å². The highest BCUT2D eigenvalue weighted by Crippen LogP contribution is 2.12. The minimum Gasteiger partial charge on any atom is -0.618 e. The summed E-state index contributed by atoms with van der Waals surface area (Å²) in [4.78, 5) is 11.2. The van der Waals surface area contributed by atoms with Crippen molar-refractivity contribution in [2.75, 3.05) is 5.75 Å². The molecule has 0 radical (unpaired) electrons. The van der Waals surface area contributed by atoms with Crippen molar-refractivity contribution in [3.63, 3.8) is 0 Å². The zero-order chi connectivity index (χ0) is 11.3. The van der Waals surface area contributed by atoms with E-state index in [0.29, 0.717) is 5.03 Å². The number of hydrogen-bond acceptors (Lipinski definition) is 4. The van der Waals surface area contributed by atoms with E-state index in [0.717, 1.165) is 4.73 Å². The second-order valence-electron chi connectivity index (χ2n) is 3.19. The lowest BCUT2D eigenvalue weighted by atomic mass is 10.5. The summed E-state index contributed by atoms with van der Waals surface area (Å²) in [6, 6.07) is 5.06. The number of esters is 1. The van der Waals surface area contributed by atoms with Gasteiger partial charge in [-0.05, 0) is 31.7 Å². The first-order valence-corrected chi connectivity index (χ1v) is 5.58. The number of hydrogen-bond donors (Lipinski definition) is 0. The van der Waals surface area contributed by atoms with E-state index in [1.807, 2.05) is 0 Å². The Kier molecular flexibility index (Phi) is 4.42. The second kappa shape index (κ2) is 5.60. The third-order valence-corrected chi connectivity index (χ3v) is 2.49. The molecule has 0 bridgehead atoms. The molecule has 0 fully saturated rings. The van der Waals surface area contributed by atoms with Gasteiger partial charge in [0.2, 0.25) is 0 Å². The molecule has 0 aliphatic heterocycles. The number of thioether (sulfide) groups is 1. The van der Waals surface area contributed by atoms with E-state index in [1.165, 1.54) is 18.0 Å². The normalized spacial score (nSPS) is 10.3. The number of pyridine rings is 1. The Balaban J connectivity index is 2.44. The van der Waals surface area contributed by atoms with Crippen molar-refractivity contribution in [2.24, 2.45) is 0 Å². The summed E-state index contributed by atoms with van der Waals surface area (Å²) in [6.07, 6.45) is 1.28. The topological polar surface area (TPSA) is 53.2 Å². The number of rotatable bonds is 4. The molecule has 5 heteroatoms. The molecule has 0 atom stereocenters. The van der Waals surface area contributed by atoms with Crippen LogP contribution in [0.15, 0.2) is 29.4 Å². The maximum absolute atomic E-state index is 11.2. The first-order chi connectivity index (χ1) is 7.09. The van der Waals surface area contributed by atoms with Crippen molar-refractivity contribution in [3.05, 3.63) is 29.6 Å². The Labute approximate surface area is 92.8 Å². The second-order valence-corrected chi connectivity index (χ2v) is 4.19. The third kappa shape index (κ3) is 4.20. The summed E-state index contributed by atoms with van der Waals surface area (Å²) in [5, 5.41) is 11.7. The van der Waals surface area contributed by atoms with Crippen molar-refractivity contribution in [2.45, 2.75) is 25.0 Å². The molecule has 15 heavy (non-hydrogen) atoms. The monoisotopic (exact) mass is 227 g/mol. The Morgan fingerprint density at radius 1 is 1.60 bits per heavy atom. The Morgan fingerprint density at radius 2 is 2.33 bits per heavy atom. The van der Waals surface area contributed by atoms with Gasteiger partial charge in [-0.3, -0.25) is 4.79 Å². The fourth-order valence-corrected chi connectivity index (χ4v) is 1.65. The lowest BCUT2D eigenvalue weighted by Crippen LogP contribution is -2.28. The molecular formula is C10H13NO3S. The average molecular weight is 227 g/mol. The van der Waals surface area contributed by atoms with E-state index in [1.54, 1.807) is 32.0 Å². The van der Waals surface area contributed by atoms with E-state index in [4.69, 9.17) is 4.74 Å². The zero-order valence-corrected chi connectivity index (χ0v) is 9.49. The number of carbonyl (C=O) groups excluding carboxylic acids is 1. The van der Waals surface area contributed by atoms with Crippen LogP contribution in [0.25, 0.3) is 0 Å². The van der Waals surface area contributed by atoms with Crippen molar-refractivity contribution in [1.82, 2.24) is 0 Å². The molecule has 0 N–H and O–H groups in total. The van der Waals surface area contributed by atoms with Gasteiger partial charge in [0, 0.05) is 12.1 Å². The van der Waals surface area contributed by atoms with Crippen LogP contribution >= 0.6 is 11.8 Å². The predicted octanol–water partition coefficient (Wildman–Crippen LogP) is 1.36. The van der Waals surface area contributed by atoms with Gasteiger partial charge >= 0.3 is 5.97 Å². The molecule has 0 unspecified atom stereocenters. The molecule has 0 saturated heterocycles. The molecule has 0 amide bonds. The molecule has 0 saturated carbocycles. The minimum absolute atomic E-state index is 0.117. The van der Waals surface area contributed by atoms with E-state index >= 15 is 0 Å². The van der Waals surface area contributed by atoms with E-state index < -0.39 is 0 Å². The molecule has 82 valence electrons. The SMILES string of the molecule is CC(C)OC(=O)CSc1cccc[n+]1[O-]. The number of carbonyl (C=O) groups is 1. The van der Waals surface area contributed by atoms with Crippen molar-refractivity contribution >= 4 is 17.7 Å². The maximum atomic E-state index is 11.2. The van der Waals surface area contributed by atoms with Crippen LogP contribution in [-0.2, 0) is 9.53 Å². The van der Waals surface area contributed by atoms with Gasteiger partial charge in [0.15, 0.2) is 6.20 Å². The summed E-state index contributed by atoms with van der Waals surface area (Å²) >= 11 is 1.17. The van der Waals surface area contributed by atoms with E-state index in [-0.39, 0.29) is 17.8 Å². The largest absolute Gasteiger partial charge is 0.618 e. The third-order valence-electron chi connectivity index (χ3n) is 1.49. The van der Waals surface area contributed by atoms with Gasteiger partial charge in [-0.25, -0.2) is 0 Å². The van der Waals surface area contributed by atoms with Crippen LogP contribution in [0.1, 0.15) is 13.8 Å².